The fraction of sp³-hybridized carbons (Fsp3) is 0.455. The van der Waals surface area contributed by atoms with Gasteiger partial charge in [-0.05, 0) is 31.7 Å². The van der Waals surface area contributed by atoms with Crippen molar-refractivity contribution >= 4 is 12.4 Å². The molecule has 0 atom stereocenters. The van der Waals surface area contributed by atoms with Crippen molar-refractivity contribution in [2.75, 3.05) is 0 Å². The summed E-state index contributed by atoms with van der Waals surface area (Å²) in [4.78, 5) is 0. The van der Waals surface area contributed by atoms with Gasteiger partial charge in [0.1, 0.15) is 5.82 Å². The number of benzene rings is 1. The average molecular weight is 286 g/mol. The Balaban J connectivity index is 0.00000162. The van der Waals surface area contributed by atoms with Gasteiger partial charge >= 0.3 is 58.4 Å². The summed E-state index contributed by atoms with van der Waals surface area (Å²) in [6.45, 7) is -5.17. The van der Waals surface area contributed by atoms with Crippen LogP contribution in [0.1, 0.15) is 25.7 Å². The Bertz CT molecular complexity index is 405. The number of ether oxygens (including phenoxy) is 1. The molecule has 1 nitrogen and oxygen atoms in total. The third-order valence-corrected chi connectivity index (χ3v) is 2.92. The van der Waals surface area contributed by atoms with Crippen molar-refractivity contribution in [2.24, 2.45) is 0 Å². The molecule has 1 aromatic carbocycles. The standard InChI is InChI=1S/C11H12BF4O.K/c13-8-5-6-10(12(14,15)16)11(7-8)17-9-3-1-2-4-9;/h5-7,9H,1-4H2;/q-1;+1. The van der Waals surface area contributed by atoms with Crippen LogP contribution in [0.5, 0.6) is 5.75 Å². The maximum Gasteiger partial charge on any atom is 1.00 e. The summed E-state index contributed by atoms with van der Waals surface area (Å²) in [6.07, 6.45) is 3.16. The summed E-state index contributed by atoms with van der Waals surface area (Å²) in [7, 11) is 0. The molecule has 0 aliphatic heterocycles. The molecular weight excluding hydrogens is 274 g/mol. The van der Waals surface area contributed by atoms with E-state index in [0.717, 1.165) is 43.9 Å². The van der Waals surface area contributed by atoms with Gasteiger partial charge in [0.15, 0.2) is 0 Å². The summed E-state index contributed by atoms with van der Waals surface area (Å²) in [5.41, 5.74) is -0.849. The monoisotopic (exact) mass is 286 g/mol. The van der Waals surface area contributed by atoms with E-state index >= 15 is 0 Å². The fourth-order valence-electron chi connectivity index (χ4n) is 2.07. The molecule has 0 bridgehead atoms. The molecule has 7 heteroatoms. The SMILES string of the molecule is Fc1ccc([B-](F)(F)F)c(OC2CCCC2)c1.[K+]. The van der Waals surface area contributed by atoms with Crippen molar-refractivity contribution in [3.05, 3.63) is 24.0 Å². The van der Waals surface area contributed by atoms with Gasteiger partial charge in [0.25, 0.3) is 0 Å². The molecule has 0 radical (unpaired) electrons. The first-order chi connectivity index (χ1) is 7.97. The van der Waals surface area contributed by atoms with Crippen LogP contribution >= 0.6 is 0 Å². The maximum atomic E-state index is 13.0. The number of halogens is 4. The zero-order chi connectivity index (χ0) is 12.5. The van der Waals surface area contributed by atoms with Crippen LogP contribution in [0.15, 0.2) is 18.2 Å². The van der Waals surface area contributed by atoms with Crippen LogP contribution < -0.4 is 61.6 Å². The van der Waals surface area contributed by atoms with Gasteiger partial charge < -0.3 is 17.7 Å². The van der Waals surface area contributed by atoms with Gasteiger partial charge in [-0.15, -0.1) is 0 Å². The summed E-state index contributed by atoms with van der Waals surface area (Å²) in [5.74, 6) is -1.08. The second-order valence-electron chi connectivity index (χ2n) is 4.28. The third-order valence-electron chi connectivity index (χ3n) is 2.92. The van der Waals surface area contributed by atoms with Gasteiger partial charge in [-0.2, -0.15) is 0 Å². The van der Waals surface area contributed by atoms with Gasteiger partial charge in [0.2, 0.25) is 0 Å². The predicted octanol–water partition coefficient (Wildman–Crippen LogP) is 0.205. The molecule has 0 heterocycles. The molecule has 1 saturated carbocycles. The summed E-state index contributed by atoms with van der Waals surface area (Å²) >= 11 is 0. The minimum Gasteiger partial charge on any atom is -0.493 e. The van der Waals surface area contributed by atoms with Crippen molar-refractivity contribution in [3.8, 4) is 5.75 Å². The molecule has 94 valence electrons. The van der Waals surface area contributed by atoms with E-state index in [4.69, 9.17) is 4.74 Å². The molecule has 0 unspecified atom stereocenters. The third kappa shape index (κ3) is 4.23. The quantitative estimate of drug-likeness (QED) is 0.570. The number of rotatable bonds is 3. The molecule has 0 spiro atoms. The molecule has 0 saturated heterocycles. The minimum atomic E-state index is -5.17. The van der Waals surface area contributed by atoms with Crippen LogP contribution in [0.25, 0.3) is 0 Å². The number of hydrogen-bond acceptors (Lipinski definition) is 1. The Morgan fingerprint density at radius 1 is 1.11 bits per heavy atom. The fourth-order valence-corrected chi connectivity index (χ4v) is 2.07. The van der Waals surface area contributed by atoms with E-state index in [1.165, 1.54) is 0 Å². The van der Waals surface area contributed by atoms with Crippen molar-refractivity contribution < 1.29 is 73.5 Å². The molecular formula is C11H12BF4KO. The molecule has 0 aromatic heterocycles. The van der Waals surface area contributed by atoms with E-state index in [9.17, 15) is 17.3 Å². The van der Waals surface area contributed by atoms with E-state index in [2.05, 4.69) is 0 Å². The molecule has 1 aliphatic carbocycles. The van der Waals surface area contributed by atoms with E-state index < -0.39 is 18.3 Å². The Hall–Kier alpha value is 0.441. The molecule has 0 N–H and O–H groups in total. The van der Waals surface area contributed by atoms with Crippen LogP contribution in [-0.4, -0.2) is 13.1 Å². The van der Waals surface area contributed by atoms with E-state index in [1.54, 1.807) is 0 Å². The summed E-state index contributed by atoms with van der Waals surface area (Å²) < 4.78 is 56.4. The molecule has 0 amide bonds. The predicted molar refractivity (Wildman–Crippen MR) is 58.0 cm³/mol. The van der Waals surface area contributed by atoms with Crippen LogP contribution in [-0.2, 0) is 0 Å². The molecule has 18 heavy (non-hydrogen) atoms. The largest absolute Gasteiger partial charge is 1.00 e. The zero-order valence-corrected chi connectivity index (χ0v) is 13.3. The van der Waals surface area contributed by atoms with Gasteiger partial charge in [0.05, 0.1) is 11.9 Å². The van der Waals surface area contributed by atoms with Gasteiger partial charge in [-0.3, -0.25) is 0 Å². The van der Waals surface area contributed by atoms with Crippen LogP contribution in [0.4, 0.5) is 17.3 Å². The molecule has 1 aromatic rings. The van der Waals surface area contributed by atoms with Gasteiger partial charge in [-0.25, -0.2) is 4.39 Å². The van der Waals surface area contributed by atoms with Crippen LogP contribution in [0.2, 0.25) is 0 Å². The van der Waals surface area contributed by atoms with Crippen molar-refractivity contribution in [2.45, 2.75) is 31.8 Å². The van der Waals surface area contributed by atoms with Crippen LogP contribution in [0.3, 0.4) is 0 Å². The maximum absolute atomic E-state index is 13.0. The second kappa shape index (κ2) is 6.74. The Morgan fingerprint density at radius 3 is 2.28 bits per heavy atom. The van der Waals surface area contributed by atoms with E-state index in [0.29, 0.717) is 0 Å². The minimum absolute atomic E-state index is 0. The Kier molecular flexibility index (Phi) is 6.18. The molecule has 1 aliphatic rings. The second-order valence-corrected chi connectivity index (χ2v) is 4.28. The normalized spacial score (nSPS) is 16.4. The zero-order valence-electron chi connectivity index (χ0n) is 10.1. The Labute approximate surface area is 146 Å². The van der Waals surface area contributed by atoms with E-state index in [1.807, 2.05) is 0 Å². The average Bonchev–Trinajstić information content (AvgIpc) is 2.68. The number of hydrogen-bond donors (Lipinski definition) is 0. The van der Waals surface area contributed by atoms with Gasteiger partial charge in [-0.1, -0.05) is 11.5 Å². The van der Waals surface area contributed by atoms with Crippen molar-refractivity contribution in [1.29, 1.82) is 0 Å². The summed E-state index contributed by atoms with van der Waals surface area (Å²) in [5, 5.41) is 0. The first-order valence-electron chi connectivity index (χ1n) is 5.63. The molecule has 2 rings (SSSR count). The summed E-state index contributed by atoms with van der Waals surface area (Å²) in [6, 6.07) is 2.38. The molecule has 1 fully saturated rings. The smallest absolute Gasteiger partial charge is 0.493 e. The first-order valence-corrected chi connectivity index (χ1v) is 5.63. The van der Waals surface area contributed by atoms with Crippen molar-refractivity contribution in [1.82, 2.24) is 0 Å². The van der Waals surface area contributed by atoms with Crippen molar-refractivity contribution in [3.63, 3.8) is 0 Å². The Morgan fingerprint density at radius 2 is 1.72 bits per heavy atom. The first kappa shape index (κ1) is 16.5. The van der Waals surface area contributed by atoms with Gasteiger partial charge in [0, 0.05) is 6.07 Å². The van der Waals surface area contributed by atoms with Crippen LogP contribution in [0, 0.1) is 5.82 Å². The van der Waals surface area contributed by atoms with E-state index in [-0.39, 0.29) is 63.2 Å². The topological polar surface area (TPSA) is 9.23 Å².